The predicted octanol–water partition coefficient (Wildman–Crippen LogP) is 3.33. The largest absolute Gasteiger partial charge is 0.497 e. The summed E-state index contributed by atoms with van der Waals surface area (Å²) >= 11 is 1.57. The van der Waals surface area contributed by atoms with Crippen LogP contribution in [0.15, 0.2) is 54.0 Å². The summed E-state index contributed by atoms with van der Waals surface area (Å²) in [7, 11) is 1.56. The van der Waals surface area contributed by atoms with E-state index in [2.05, 4.69) is 10.3 Å². The van der Waals surface area contributed by atoms with Gasteiger partial charge in [0.25, 0.3) is 5.91 Å². The van der Waals surface area contributed by atoms with E-state index >= 15 is 0 Å². The average Bonchev–Trinajstić information content (AvgIpc) is 3.14. The number of amides is 1. The van der Waals surface area contributed by atoms with Crippen molar-refractivity contribution in [2.45, 2.75) is 6.54 Å². The molecule has 0 atom stereocenters. The maximum absolute atomic E-state index is 12.4. The maximum Gasteiger partial charge on any atom is 0.253 e. The number of nitrogen functional groups attached to an aromatic ring is 1. The number of benzene rings is 2. The normalized spacial score (nSPS) is 10.4. The van der Waals surface area contributed by atoms with E-state index in [9.17, 15) is 4.79 Å². The summed E-state index contributed by atoms with van der Waals surface area (Å²) in [5, 5.41) is 5.78. The minimum absolute atomic E-state index is 0.218. The molecule has 0 aliphatic rings. The molecule has 0 aliphatic heterocycles. The van der Waals surface area contributed by atoms with Crippen LogP contribution in [-0.4, -0.2) is 18.0 Å². The quantitative estimate of drug-likeness (QED) is 0.699. The van der Waals surface area contributed by atoms with E-state index in [1.54, 1.807) is 42.8 Å². The number of nitrogens with two attached hydrogens (primary N) is 1. The van der Waals surface area contributed by atoms with Crippen molar-refractivity contribution in [3.05, 3.63) is 65.2 Å². The molecular formula is C18H17N3O2S. The Morgan fingerprint density at radius 3 is 2.83 bits per heavy atom. The van der Waals surface area contributed by atoms with Gasteiger partial charge in [-0.3, -0.25) is 4.79 Å². The van der Waals surface area contributed by atoms with Crippen LogP contribution in [0.5, 0.6) is 5.75 Å². The van der Waals surface area contributed by atoms with Crippen molar-refractivity contribution in [2.75, 3.05) is 12.8 Å². The van der Waals surface area contributed by atoms with Crippen LogP contribution in [0.25, 0.3) is 10.6 Å². The zero-order chi connectivity index (χ0) is 16.9. The monoisotopic (exact) mass is 339 g/mol. The fourth-order valence-electron chi connectivity index (χ4n) is 2.38. The van der Waals surface area contributed by atoms with Gasteiger partial charge in [0.2, 0.25) is 0 Å². The molecule has 3 N–H and O–H groups in total. The summed E-state index contributed by atoms with van der Waals surface area (Å²) in [5.74, 6) is 0.405. The highest BCUT2D eigenvalue weighted by atomic mass is 32.1. The van der Waals surface area contributed by atoms with Crippen molar-refractivity contribution >= 4 is 22.9 Å². The second-order valence-corrected chi connectivity index (χ2v) is 6.02. The van der Waals surface area contributed by atoms with E-state index in [1.807, 2.05) is 29.6 Å². The van der Waals surface area contributed by atoms with E-state index in [-0.39, 0.29) is 5.91 Å². The molecule has 0 bridgehead atoms. The number of anilines is 1. The van der Waals surface area contributed by atoms with Crippen LogP contribution >= 0.6 is 11.3 Å². The van der Waals surface area contributed by atoms with Crippen LogP contribution in [-0.2, 0) is 6.54 Å². The lowest BCUT2D eigenvalue weighted by atomic mass is 10.1. The number of rotatable bonds is 5. The molecule has 0 spiro atoms. The molecule has 0 saturated heterocycles. The molecule has 1 aromatic heterocycles. The Bertz CT molecular complexity index is 847. The first kappa shape index (κ1) is 16.0. The standard InChI is InChI=1S/C18H17N3O2S/c1-23-13-6-7-15(16(19)10-13)17(22)21-11-12-4-2-3-5-14(12)18-20-8-9-24-18/h2-10H,11,19H2,1H3,(H,21,22). The number of ether oxygens (including phenoxy) is 1. The van der Waals surface area contributed by atoms with Gasteiger partial charge in [-0.15, -0.1) is 11.3 Å². The first-order chi connectivity index (χ1) is 11.7. The third-order valence-electron chi connectivity index (χ3n) is 3.62. The number of carbonyl (C=O) groups is 1. The molecule has 6 heteroatoms. The summed E-state index contributed by atoms with van der Waals surface area (Å²) in [5.41, 5.74) is 8.78. The zero-order valence-electron chi connectivity index (χ0n) is 13.2. The lowest BCUT2D eigenvalue weighted by Crippen LogP contribution is -2.24. The molecule has 0 fully saturated rings. The molecule has 1 heterocycles. The molecule has 0 saturated carbocycles. The van der Waals surface area contributed by atoms with Crippen LogP contribution in [0.4, 0.5) is 5.69 Å². The van der Waals surface area contributed by atoms with E-state index in [1.165, 1.54) is 0 Å². The van der Waals surface area contributed by atoms with Crippen molar-refractivity contribution in [3.63, 3.8) is 0 Å². The highest BCUT2D eigenvalue weighted by molar-refractivity contribution is 7.13. The van der Waals surface area contributed by atoms with Crippen LogP contribution in [0.3, 0.4) is 0 Å². The molecular weight excluding hydrogens is 322 g/mol. The van der Waals surface area contributed by atoms with Gasteiger partial charge in [0.05, 0.1) is 12.7 Å². The molecule has 2 aromatic carbocycles. The number of methoxy groups -OCH3 is 1. The highest BCUT2D eigenvalue weighted by Crippen LogP contribution is 2.25. The zero-order valence-corrected chi connectivity index (χ0v) is 14.0. The lowest BCUT2D eigenvalue weighted by Gasteiger charge is -2.11. The summed E-state index contributed by atoms with van der Waals surface area (Å²) in [6.07, 6.45) is 1.77. The van der Waals surface area contributed by atoms with Crippen molar-refractivity contribution in [3.8, 4) is 16.3 Å². The summed E-state index contributed by atoms with van der Waals surface area (Å²) in [6, 6.07) is 12.9. The molecule has 0 radical (unpaired) electrons. The Labute approximate surface area is 144 Å². The number of hydrogen-bond donors (Lipinski definition) is 2. The Hall–Kier alpha value is -2.86. The van der Waals surface area contributed by atoms with E-state index in [4.69, 9.17) is 10.5 Å². The van der Waals surface area contributed by atoms with Gasteiger partial charge in [0.15, 0.2) is 0 Å². The highest BCUT2D eigenvalue weighted by Gasteiger charge is 2.12. The smallest absolute Gasteiger partial charge is 0.253 e. The first-order valence-corrected chi connectivity index (χ1v) is 8.26. The van der Waals surface area contributed by atoms with Gasteiger partial charge in [-0.05, 0) is 17.7 Å². The first-order valence-electron chi connectivity index (χ1n) is 7.38. The molecule has 122 valence electrons. The summed E-state index contributed by atoms with van der Waals surface area (Å²) in [6.45, 7) is 0.403. The van der Waals surface area contributed by atoms with Gasteiger partial charge < -0.3 is 15.8 Å². The molecule has 1 amide bonds. The molecule has 3 aromatic rings. The van der Waals surface area contributed by atoms with Crippen LogP contribution in [0.2, 0.25) is 0 Å². The Kier molecular flexibility index (Phi) is 4.77. The van der Waals surface area contributed by atoms with E-state index < -0.39 is 0 Å². The Morgan fingerprint density at radius 2 is 2.12 bits per heavy atom. The Balaban J connectivity index is 1.76. The molecule has 24 heavy (non-hydrogen) atoms. The average molecular weight is 339 g/mol. The number of aromatic nitrogens is 1. The predicted molar refractivity (Wildman–Crippen MR) is 96.1 cm³/mol. The van der Waals surface area contributed by atoms with Gasteiger partial charge >= 0.3 is 0 Å². The number of nitrogens with one attached hydrogen (secondary N) is 1. The maximum atomic E-state index is 12.4. The molecule has 0 unspecified atom stereocenters. The SMILES string of the molecule is COc1ccc(C(=O)NCc2ccccc2-c2nccs2)c(N)c1. The fraction of sp³-hybridized carbons (Fsp3) is 0.111. The summed E-state index contributed by atoms with van der Waals surface area (Å²) < 4.78 is 5.10. The van der Waals surface area contributed by atoms with Gasteiger partial charge in [-0.25, -0.2) is 4.98 Å². The third-order valence-corrected chi connectivity index (χ3v) is 4.43. The number of thiazole rings is 1. The van der Waals surface area contributed by atoms with Gasteiger partial charge in [-0.2, -0.15) is 0 Å². The molecule has 3 rings (SSSR count). The van der Waals surface area contributed by atoms with Crippen molar-refractivity contribution < 1.29 is 9.53 Å². The second-order valence-electron chi connectivity index (χ2n) is 5.13. The third kappa shape index (κ3) is 3.38. The number of nitrogens with zero attached hydrogens (tertiary/aromatic N) is 1. The van der Waals surface area contributed by atoms with E-state index in [0.29, 0.717) is 23.5 Å². The van der Waals surface area contributed by atoms with Crippen molar-refractivity contribution in [1.82, 2.24) is 10.3 Å². The van der Waals surface area contributed by atoms with Crippen LogP contribution in [0.1, 0.15) is 15.9 Å². The van der Waals surface area contributed by atoms with Crippen molar-refractivity contribution in [2.24, 2.45) is 0 Å². The molecule has 5 nitrogen and oxygen atoms in total. The molecule has 0 aliphatic carbocycles. The minimum atomic E-state index is -0.218. The van der Waals surface area contributed by atoms with Gasteiger partial charge in [-0.1, -0.05) is 24.3 Å². The van der Waals surface area contributed by atoms with Gasteiger partial charge in [0, 0.05) is 35.4 Å². The number of hydrogen-bond acceptors (Lipinski definition) is 5. The van der Waals surface area contributed by atoms with Crippen LogP contribution < -0.4 is 15.8 Å². The van der Waals surface area contributed by atoms with Gasteiger partial charge in [0.1, 0.15) is 10.8 Å². The van der Waals surface area contributed by atoms with E-state index in [0.717, 1.165) is 16.1 Å². The topological polar surface area (TPSA) is 77.2 Å². The fourth-order valence-corrected chi connectivity index (χ4v) is 3.08. The minimum Gasteiger partial charge on any atom is -0.497 e. The van der Waals surface area contributed by atoms with Crippen molar-refractivity contribution in [1.29, 1.82) is 0 Å². The number of carbonyl (C=O) groups excluding carboxylic acids is 1. The van der Waals surface area contributed by atoms with Crippen LogP contribution in [0, 0.1) is 0 Å². The summed E-state index contributed by atoms with van der Waals surface area (Å²) in [4.78, 5) is 16.7. The lowest BCUT2D eigenvalue weighted by molar-refractivity contribution is 0.0952. The Morgan fingerprint density at radius 1 is 1.29 bits per heavy atom. The second kappa shape index (κ2) is 7.14.